The van der Waals surface area contributed by atoms with Crippen LogP contribution in [-0.4, -0.2) is 62.9 Å². The summed E-state index contributed by atoms with van der Waals surface area (Å²) >= 11 is 0. The van der Waals surface area contributed by atoms with Gasteiger partial charge < -0.3 is 10.8 Å². The van der Waals surface area contributed by atoms with E-state index in [1.54, 1.807) is 24.4 Å². The largest absolute Gasteiger partial charge is 0.490 e. The molecule has 2 aromatic heterocycles. The number of nitrogens with zero attached hydrogens (tertiary/aromatic N) is 5. The van der Waals surface area contributed by atoms with E-state index in [1.165, 1.54) is 34.1 Å². The molecule has 0 bridgehead atoms. The highest BCUT2D eigenvalue weighted by atomic mass is 32.2. The van der Waals surface area contributed by atoms with E-state index >= 15 is 0 Å². The summed E-state index contributed by atoms with van der Waals surface area (Å²) in [5.41, 5.74) is 10.3. The molecule has 1 atom stereocenters. The number of nitro groups is 1. The summed E-state index contributed by atoms with van der Waals surface area (Å²) in [4.78, 5) is 30.9. The van der Waals surface area contributed by atoms with E-state index < -0.39 is 32.8 Å². The first-order valence-electron chi connectivity index (χ1n) is 15.2. The summed E-state index contributed by atoms with van der Waals surface area (Å²) in [5, 5.41) is 18.8. The normalized spacial score (nSPS) is 14.5. The van der Waals surface area contributed by atoms with E-state index in [2.05, 4.69) is 16.0 Å². The van der Waals surface area contributed by atoms with Crippen LogP contribution in [-0.2, 0) is 40.9 Å². The van der Waals surface area contributed by atoms with Gasteiger partial charge in [0.1, 0.15) is 0 Å². The quantitative estimate of drug-likeness (QED) is 0.147. The zero-order valence-corrected chi connectivity index (χ0v) is 27.1. The minimum atomic E-state index is -5.08. The highest BCUT2D eigenvalue weighted by Gasteiger charge is 2.38. The molecule has 1 aliphatic carbocycles. The Morgan fingerprint density at radius 3 is 2.18 bits per heavy atom. The summed E-state index contributed by atoms with van der Waals surface area (Å²) < 4.78 is 60.6. The number of carboxylic acid groups (broad SMARTS) is 1. The fourth-order valence-electron chi connectivity index (χ4n) is 5.50. The average Bonchev–Trinajstić information content (AvgIpc) is 3.08. The lowest BCUT2D eigenvalue weighted by Crippen LogP contribution is -2.35. The number of rotatable bonds is 12. The number of aliphatic carboxylic acids is 1. The van der Waals surface area contributed by atoms with E-state index in [0.717, 1.165) is 42.6 Å². The number of nitro benzene ring substituents is 1. The number of hydrogen-bond donors (Lipinski definition) is 2. The molecule has 5 rings (SSSR count). The van der Waals surface area contributed by atoms with Gasteiger partial charge in [0.25, 0.3) is 15.7 Å². The Hall–Kier alpha value is -4.77. The minimum absolute atomic E-state index is 0.0255. The number of carboxylic acids is 1. The number of fused-ring (bicyclic) bond motifs is 1. The Kier molecular flexibility index (Phi) is 12.5. The second-order valence-corrected chi connectivity index (χ2v) is 13.1. The van der Waals surface area contributed by atoms with Crippen molar-refractivity contribution in [3.05, 3.63) is 129 Å². The van der Waals surface area contributed by atoms with Gasteiger partial charge in [-0.2, -0.15) is 17.5 Å². The van der Waals surface area contributed by atoms with Crippen molar-refractivity contribution >= 4 is 21.7 Å². The van der Waals surface area contributed by atoms with Crippen molar-refractivity contribution in [2.24, 2.45) is 5.73 Å². The van der Waals surface area contributed by atoms with Crippen LogP contribution < -0.4 is 5.73 Å². The number of sulfonamides is 1. The van der Waals surface area contributed by atoms with Crippen LogP contribution in [0.25, 0.3) is 0 Å². The van der Waals surface area contributed by atoms with Gasteiger partial charge in [0.05, 0.1) is 28.9 Å². The number of halogens is 3. The molecule has 1 unspecified atom stereocenters. The first-order chi connectivity index (χ1) is 23.3. The SMILES string of the molecule is NCCN(Cc1ccc(CN(Cc2ccccn2)S(=O)(=O)c2ccccc2[N+](=O)[O-])cc1)C1CCCc2cccnc21.O=C(O)C(F)(F)F. The number of pyridine rings is 2. The summed E-state index contributed by atoms with van der Waals surface area (Å²) in [6, 6.07) is 22.8. The van der Waals surface area contributed by atoms with Crippen molar-refractivity contribution in [3.8, 4) is 0 Å². The highest BCUT2D eigenvalue weighted by molar-refractivity contribution is 7.89. The number of nitrogens with two attached hydrogens (primary N) is 1. The van der Waals surface area contributed by atoms with E-state index in [0.29, 0.717) is 18.8 Å². The fourth-order valence-corrected chi connectivity index (χ4v) is 7.06. The van der Waals surface area contributed by atoms with Gasteiger partial charge in [0.15, 0.2) is 4.90 Å². The van der Waals surface area contributed by atoms with Gasteiger partial charge in [-0.3, -0.25) is 25.0 Å². The first-order valence-corrected chi connectivity index (χ1v) is 16.6. The van der Waals surface area contributed by atoms with Crippen molar-refractivity contribution in [2.45, 2.75) is 56.0 Å². The predicted octanol–water partition coefficient (Wildman–Crippen LogP) is 5.25. The molecule has 0 saturated heterocycles. The lowest BCUT2D eigenvalue weighted by Gasteiger charge is -2.35. The molecule has 0 radical (unpaired) electrons. The third kappa shape index (κ3) is 9.88. The molecule has 0 spiro atoms. The van der Waals surface area contributed by atoms with Crippen molar-refractivity contribution in [3.63, 3.8) is 0 Å². The third-order valence-corrected chi connectivity index (χ3v) is 9.62. The zero-order chi connectivity index (χ0) is 35.6. The summed E-state index contributed by atoms with van der Waals surface area (Å²) in [6.07, 6.45) is 1.51. The van der Waals surface area contributed by atoms with Gasteiger partial charge in [-0.1, -0.05) is 48.5 Å². The van der Waals surface area contributed by atoms with Gasteiger partial charge >= 0.3 is 12.1 Å². The molecule has 4 aromatic rings. The monoisotopic (exact) mass is 700 g/mol. The smallest absolute Gasteiger partial charge is 0.475 e. The van der Waals surface area contributed by atoms with Gasteiger partial charge in [-0.05, 0) is 60.2 Å². The van der Waals surface area contributed by atoms with E-state index in [-0.39, 0.29) is 24.0 Å². The zero-order valence-electron chi connectivity index (χ0n) is 26.2. The van der Waals surface area contributed by atoms with Crippen LogP contribution in [0.3, 0.4) is 0 Å². The van der Waals surface area contributed by atoms with Gasteiger partial charge in [-0.15, -0.1) is 0 Å². The second-order valence-electron chi connectivity index (χ2n) is 11.2. The highest BCUT2D eigenvalue weighted by Crippen LogP contribution is 2.34. The van der Waals surface area contributed by atoms with Crippen LogP contribution >= 0.6 is 0 Å². The van der Waals surface area contributed by atoms with Gasteiger partial charge in [0.2, 0.25) is 0 Å². The lowest BCUT2D eigenvalue weighted by molar-refractivity contribution is -0.387. The molecule has 0 amide bonds. The van der Waals surface area contributed by atoms with Crippen molar-refractivity contribution in [1.82, 2.24) is 19.2 Å². The predicted molar refractivity (Wildman–Crippen MR) is 173 cm³/mol. The van der Waals surface area contributed by atoms with Crippen molar-refractivity contribution < 1.29 is 36.4 Å². The summed E-state index contributed by atoms with van der Waals surface area (Å²) in [6.45, 7) is 1.94. The number of aryl methyl sites for hydroxylation is 1. The second kappa shape index (κ2) is 16.6. The summed E-state index contributed by atoms with van der Waals surface area (Å²) in [5.74, 6) is -2.76. The number of carbonyl (C=O) groups is 1. The maximum atomic E-state index is 13.8. The maximum Gasteiger partial charge on any atom is 0.490 e. The average molecular weight is 701 g/mol. The fraction of sp³-hybridized carbons (Fsp3) is 0.303. The number of benzene rings is 2. The van der Waals surface area contributed by atoms with Crippen LogP contribution in [0.15, 0.2) is 96.2 Å². The number of aromatic nitrogens is 2. The Morgan fingerprint density at radius 2 is 1.57 bits per heavy atom. The van der Waals surface area contributed by atoms with Crippen LogP contribution in [0.1, 0.15) is 47.0 Å². The molecule has 1 aliphatic rings. The number of hydrogen-bond acceptors (Lipinski definition) is 9. The Morgan fingerprint density at radius 1 is 0.939 bits per heavy atom. The van der Waals surface area contributed by atoms with Crippen LogP contribution in [0.5, 0.6) is 0 Å². The molecule has 3 N–H and O–H groups in total. The molecule has 12 nitrogen and oxygen atoms in total. The molecular weight excluding hydrogens is 665 g/mol. The molecule has 2 heterocycles. The molecule has 2 aromatic carbocycles. The number of para-hydroxylation sites is 1. The van der Waals surface area contributed by atoms with E-state index in [4.69, 9.17) is 20.6 Å². The van der Waals surface area contributed by atoms with Crippen molar-refractivity contribution in [2.75, 3.05) is 13.1 Å². The first kappa shape index (κ1) is 37.1. The third-order valence-electron chi connectivity index (χ3n) is 7.78. The number of alkyl halides is 3. The minimum Gasteiger partial charge on any atom is -0.475 e. The van der Waals surface area contributed by atoms with Crippen LogP contribution in [0.2, 0.25) is 0 Å². The standard InChI is InChI=1S/C31H34N6O4S.C2HF3O2/c32-17-20-35(29-11-5-7-26-8-6-19-34-31(26)29)21-24-13-15-25(16-14-24)22-36(23-27-9-3-4-18-33-27)42(40,41)30-12-2-1-10-28(30)37(38)39;3-2(4,5)1(6)7/h1-4,6,8-10,12-16,18-19,29H,5,7,11,17,20-23,32H2;(H,6,7). The lowest BCUT2D eigenvalue weighted by atomic mass is 9.90. The molecule has 0 aliphatic heterocycles. The molecule has 0 saturated carbocycles. The molecule has 49 heavy (non-hydrogen) atoms. The van der Waals surface area contributed by atoms with E-state index in [9.17, 15) is 31.7 Å². The molecular formula is C33H35F3N6O6S. The van der Waals surface area contributed by atoms with E-state index in [1.807, 2.05) is 36.5 Å². The molecule has 0 fully saturated rings. The molecule has 16 heteroatoms. The Balaban J connectivity index is 0.000000698. The van der Waals surface area contributed by atoms with Crippen LogP contribution in [0.4, 0.5) is 18.9 Å². The summed E-state index contributed by atoms with van der Waals surface area (Å²) in [7, 11) is -4.23. The van der Waals surface area contributed by atoms with Crippen LogP contribution in [0, 0.1) is 10.1 Å². The Labute approximate surface area is 281 Å². The van der Waals surface area contributed by atoms with Crippen molar-refractivity contribution in [1.29, 1.82) is 0 Å². The van der Waals surface area contributed by atoms with Gasteiger partial charge in [-0.25, -0.2) is 13.2 Å². The Bertz CT molecular complexity index is 1830. The molecule has 260 valence electrons. The maximum absolute atomic E-state index is 13.8. The topological polar surface area (TPSA) is 173 Å². The van der Waals surface area contributed by atoms with Gasteiger partial charge in [0, 0.05) is 44.6 Å².